The topological polar surface area (TPSA) is 83.0 Å². The number of rotatable bonds is 6. The van der Waals surface area contributed by atoms with E-state index in [1.807, 2.05) is 6.07 Å². The Kier molecular flexibility index (Phi) is 6.21. The van der Waals surface area contributed by atoms with Crippen molar-refractivity contribution in [3.05, 3.63) is 71.6 Å². The number of ketones is 1. The van der Waals surface area contributed by atoms with Gasteiger partial charge in [-0.3, -0.25) is 19.5 Å². The fourth-order valence-corrected chi connectivity index (χ4v) is 4.04. The number of carbonyl (C=O) groups excluding carboxylic acids is 2. The van der Waals surface area contributed by atoms with Crippen LogP contribution in [0, 0.1) is 0 Å². The molecule has 7 heteroatoms. The quantitative estimate of drug-likeness (QED) is 0.449. The van der Waals surface area contributed by atoms with E-state index < -0.39 is 17.7 Å². The highest BCUT2D eigenvalue weighted by Gasteiger charge is 2.45. The first kappa shape index (κ1) is 20.3. The van der Waals surface area contributed by atoms with Gasteiger partial charge in [0.2, 0.25) is 0 Å². The molecule has 4 rings (SSSR count). The second-order valence-corrected chi connectivity index (χ2v) is 7.45. The van der Waals surface area contributed by atoms with Gasteiger partial charge in [0, 0.05) is 44.1 Å². The highest BCUT2D eigenvalue weighted by atomic mass is 16.5. The zero-order chi connectivity index (χ0) is 20.9. The van der Waals surface area contributed by atoms with Crippen LogP contribution in [0.1, 0.15) is 23.6 Å². The lowest BCUT2D eigenvalue weighted by atomic mass is 9.96. The van der Waals surface area contributed by atoms with Gasteiger partial charge in [-0.05, 0) is 24.1 Å². The van der Waals surface area contributed by atoms with E-state index >= 15 is 0 Å². The summed E-state index contributed by atoms with van der Waals surface area (Å²) in [6.45, 7) is 4.45. The number of carbonyl (C=O) groups is 2. The van der Waals surface area contributed by atoms with Gasteiger partial charge < -0.3 is 14.7 Å². The van der Waals surface area contributed by atoms with Crippen LogP contribution in [0.4, 0.5) is 0 Å². The Hall–Kier alpha value is -3.03. The molecule has 1 atom stereocenters. The van der Waals surface area contributed by atoms with Crippen LogP contribution in [0.15, 0.2) is 60.4 Å². The predicted molar refractivity (Wildman–Crippen MR) is 112 cm³/mol. The van der Waals surface area contributed by atoms with Gasteiger partial charge >= 0.3 is 0 Å². The van der Waals surface area contributed by atoms with Gasteiger partial charge in [-0.25, -0.2) is 0 Å². The van der Waals surface area contributed by atoms with Crippen LogP contribution >= 0.6 is 0 Å². The van der Waals surface area contributed by atoms with Gasteiger partial charge in [-0.1, -0.05) is 30.3 Å². The number of amides is 1. The lowest BCUT2D eigenvalue weighted by Crippen LogP contribution is -2.38. The third-order valence-corrected chi connectivity index (χ3v) is 5.59. The first-order valence-corrected chi connectivity index (χ1v) is 10.2. The van der Waals surface area contributed by atoms with E-state index in [0.717, 1.165) is 44.8 Å². The van der Waals surface area contributed by atoms with E-state index in [0.29, 0.717) is 12.1 Å². The number of nitrogens with zero attached hydrogens (tertiary/aromatic N) is 3. The third-order valence-electron chi connectivity index (χ3n) is 5.59. The van der Waals surface area contributed by atoms with Gasteiger partial charge in [0.15, 0.2) is 0 Å². The van der Waals surface area contributed by atoms with Crippen molar-refractivity contribution < 1.29 is 19.4 Å². The Morgan fingerprint density at radius 1 is 1.03 bits per heavy atom. The van der Waals surface area contributed by atoms with Crippen LogP contribution < -0.4 is 0 Å². The molecule has 2 aliphatic rings. The molecule has 30 heavy (non-hydrogen) atoms. The monoisotopic (exact) mass is 407 g/mol. The fourth-order valence-electron chi connectivity index (χ4n) is 4.04. The van der Waals surface area contributed by atoms with Crippen LogP contribution in [0.5, 0.6) is 0 Å². The van der Waals surface area contributed by atoms with Crippen LogP contribution in [-0.4, -0.2) is 71.0 Å². The molecule has 1 amide bonds. The Balaban J connectivity index is 1.63. The molecule has 2 saturated heterocycles. The minimum absolute atomic E-state index is 0.128. The fraction of sp³-hybridized carbons (Fsp3) is 0.348. The number of hydrogen-bond donors (Lipinski definition) is 1. The molecule has 2 fully saturated rings. The number of aliphatic hydroxyl groups is 1. The maximum atomic E-state index is 12.9. The minimum Gasteiger partial charge on any atom is -0.507 e. The maximum Gasteiger partial charge on any atom is 0.295 e. The molecule has 3 heterocycles. The summed E-state index contributed by atoms with van der Waals surface area (Å²) < 4.78 is 5.38. The van der Waals surface area contributed by atoms with Crippen LogP contribution in [0.2, 0.25) is 0 Å². The van der Waals surface area contributed by atoms with Gasteiger partial charge in [0.05, 0.1) is 24.8 Å². The third kappa shape index (κ3) is 4.13. The highest BCUT2D eigenvalue weighted by Crippen LogP contribution is 2.39. The summed E-state index contributed by atoms with van der Waals surface area (Å²) in [5, 5.41) is 10.9. The summed E-state index contributed by atoms with van der Waals surface area (Å²) in [4.78, 5) is 33.7. The molecule has 0 radical (unpaired) electrons. The summed E-state index contributed by atoms with van der Waals surface area (Å²) in [5.41, 5.74) is 1.40. The molecule has 1 unspecified atom stereocenters. The summed E-state index contributed by atoms with van der Waals surface area (Å²) >= 11 is 0. The number of aromatic nitrogens is 1. The van der Waals surface area contributed by atoms with Crippen molar-refractivity contribution in [3.63, 3.8) is 0 Å². The van der Waals surface area contributed by atoms with Crippen LogP contribution in [-0.2, 0) is 14.3 Å². The Morgan fingerprint density at radius 3 is 2.43 bits per heavy atom. The largest absolute Gasteiger partial charge is 0.507 e. The molecular weight excluding hydrogens is 382 g/mol. The van der Waals surface area contributed by atoms with Crippen molar-refractivity contribution in [1.29, 1.82) is 0 Å². The zero-order valence-electron chi connectivity index (χ0n) is 16.7. The molecule has 2 aromatic rings. The van der Waals surface area contributed by atoms with E-state index in [2.05, 4.69) is 9.88 Å². The average Bonchev–Trinajstić information content (AvgIpc) is 3.05. The number of likely N-dealkylation sites (tertiary alicyclic amines) is 1. The molecule has 156 valence electrons. The number of aliphatic hydroxyl groups excluding tert-OH is 1. The van der Waals surface area contributed by atoms with Crippen molar-refractivity contribution in [1.82, 2.24) is 14.8 Å². The van der Waals surface area contributed by atoms with Crippen molar-refractivity contribution in [3.8, 4) is 0 Å². The van der Waals surface area contributed by atoms with E-state index in [1.165, 1.54) is 0 Å². The molecule has 7 nitrogen and oxygen atoms in total. The number of morpholine rings is 1. The lowest BCUT2D eigenvalue weighted by molar-refractivity contribution is -0.140. The minimum atomic E-state index is -0.649. The second kappa shape index (κ2) is 9.19. The number of hydrogen-bond acceptors (Lipinski definition) is 6. The summed E-state index contributed by atoms with van der Waals surface area (Å²) in [6.07, 6.45) is 4.00. The Bertz CT molecular complexity index is 924. The van der Waals surface area contributed by atoms with E-state index in [4.69, 9.17) is 4.74 Å². The molecule has 0 spiro atoms. The summed E-state index contributed by atoms with van der Waals surface area (Å²) in [6, 6.07) is 11.8. The van der Waals surface area contributed by atoms with E-state index in [9.17, 15) is 14.7 Å². The maximum absolute atomic E-state index is 12.9. The molecular formula is C23H25N3O4. The Labute approximate surface area is 175 Å². The molecule has 0 saturated carbocycles. The summed E-state index contributed by atoms with van der Waals surface area (Å²) in [7, 11) is 0. The smallest absolute Gasteiger partial charge is 0.295 e. The van der Waals surface area contributed by atoms with E-state index in [1.54, 1.807) is 53.7 Å². The molecule has 0 bridgehead atoms. The van der Waals surface area contributed by atoms with Gasteiger partial charge in [0.1, 0.15) is 5.76 Å². The summed E-state index contributed by atoms with van der Waals surface area (Å²) in [5.74, 6) is -1.37. The highest BCUT2D eigenvalue weighted by molar-refractivity contribution is 6.46. The van der Waals surface area contributed by atoms with Crippen LogP contribution in [0.3, 0.4) is 0 Å². The predicted octanol–water partition coefficient (Wildman–Crippen LogP) is 2.23. The van der Waals surface area contributed by atoms with Gasteiger partial charge in [0.25, 0.3) is 11.7 Å². The van der Waals surface area contributed by atoms with Crippen molar-refractivity contribution in [2.75, 3.05) is 39.4 Å². The Morgan fingerprint density at radius 2 is 1.73 bits per heavy atom. The molecule has 2 aliphatic heterocycles. The van der Waals surface area contributed by atoms with Crippen LogP contribution in [0.25, 0.3) is 5.76 Å². The van der Waals surface area contributed by atoms with Gasteiger partial charge in [-0.2, -0.15) is 0 Å². The SMILES string of the molecule is O=C1C(=O)N(CCCN2CCOCC2)C(c2ccncc2)/C1=C(\O)c1ccccc1. The van der Waals surface area contributed by atoms with Crippen molar-refractivity contribution in [2.24, 2.45) is 0 Å². The number of benzene rings is 1. The number of pyridine rings is 1. The van der Waals surface area contributed by atoms with Crippen molar-refractivity contribution >= 4 is 17.4 Å². The number of Topliss-reactive ketones (excluding diaryl/α,β-unsaturated/α-hetero) is 1. The molecule has 1 aromatic carbocycles. The normalized spacial score (nSPS) is 21.9. The molecule has 0 aliphatic carbocycles. The van der Waals surface area contributed by atoms with E-state index in [-0.39, 0.29) is 11.3 Å². The first-order chi connectivity index (χ1) is 14.7. The molecule has 1 N–H and O–H groups in total. The molecule has 1 aromatic heterocycles. The lowest BCUT2D eigenvalue weighted by Gasteiger charge is -2.29. The standard InChI is InChI=1S/C23H25N3O4/c27-21(18-5-2-1-3-6-18)19-20(17-7-9-24-10-8-17)26(23(29)22(19)28)12-4-11-25-13-15-30-16-14-25/h1-3,5-10,20,27H,4,11-16H2/b21-19+. The van der Waals surface area contributed by atoms with Crippen molar-refractivity contribution in [2.45, 2.75) is 12.5 Å². The van der Waals surface area contributed by atoms with Gasteiger partial charge in [-0.15, -0.1) is 0 Å². The second-order valence-electron chi connectivity index (χ2n) is 7.45. The first-order valence-electron chi connectivity index (χ1n) is 10.2. The zero-order valence-corrected chi connectivity index (χ0v) is 16.7. The number of ether oxygens (including phenoxy) is 1. The average molecular weight is 407 g/mol.